The normalized spacial score (nSPS) is 26.9. The number of amides is 4. The highest BCUT2D eigenvalue weighted by Gasteiger charge is 2.47. The molecule has 2 atom stereocenters. The highest BCUT2D eigenvalue weighted by Crippen LogP contribution is 2.37. The van der Waals surface area contributed by atoms with E-state index in [2.05, 4.69) is 10.6 Å². The smallest absolute Gasteiger partial charge is 0.239 e. The lowest BCUT2D eigenvalue weighted by Crippen LogP contribution is -2.40. The molecule has 0 aromatic carbocycles. The third-order valence-electron chi connectivity index (χ3n) is 4.88. The molecule has 0 aromatic rings. The van der Waals surface area contributed by atoms with Gasteiger partial charge in [-0.15, -0.1) is 0 Å². The molecule has 0 radical (unpaired) electrons. The molecule has 2 saturated carbocycles. The molecule has 0 bridgehead atoms. The third-order valence-corrected chi connectivity index (χ3v) is 4.88. The van der Waals surface area contributed by atoms with E-state index in [1.54, 1.807) is 0 Å². The molecule has 7 heteroatoms. The molecule has 4 amide bonds. The minimum Gasteiger partial charge on any atom is -0.352 e. The molecular formula is C16H23N3O4. The van der Waals surface area contributed by atoms with Gasteiger partial charge in [-0.3, -0.25) is 24.1 Å². The summed E-state index contributed by atoms with van der Waals surface area (Å²) in [5.41, 5.74) is 0. The number of likely N-dealkylation sites (tertiary alicyclic amines) is 1. The number of imide groups is 1. The molecule has 3 fully saturated rings. The van der Waals surface area contributed by atoms with Gasteiger partial charge in [-0.05, 0) is 25.7 Å². The fraction of sp³-hybridized carbons (Fsp3) is 0.750. The van der Waals surface area contributed by atoms with Gasteiger partial charge in [0.15, 0.2) is 0 Å². The van der Waals surface area contributed by atoms with Crippen LogP contribution in [0.1, 0.15) is 44.9 Å². The topological polar surface area (TPSA) is 95.6 Å². The minimum absolute atomic E-state index is 0.0492. The van der Waals surface area contributed by atoms with Crippen LogP contribution in [0.25, 0.3) is 0 Å². The first-order chi connectivity index (χ1) is 11.1. The first-order valence-electron chi connectivity index (χ1n) is 8.47. The summed E-state index contributed by atoms with van der Waals surface area (Å²) in [7, 11) is 0. The number of hydrogen-bond donors (Lipinski definition) is 2. The molecule has 0 spiro atoms. The lowest BCUT2D eigenvalue weighted by atomic mass is 9.81. The molecule has 0 aromatic heterocycles. The lowest BCUT2D eigenvalue weighted by molar-refractivity contribution is -0.140. The molecule has 1 saturated heterocycles. The second-order valence-corrected chi connectivity index (χ2v) is 6.69. The minimum atomic E-state index is -0.314. The first-order valence-corrected chi connectivity index (χ1v) is 8.47. The Labute approximate surface area is 135 Å². The molecule has 1 heterocycles. The van der Waals surface area contributed by atoms with Crippen LogP contribution in [-0.4, -0.2) is 47.7 Å². The van der Waals surface area contributed by atoms with E-state index in [0.717, 1.165) is 38.5 Å². The summed E-state index contributed by atoms with van der Waals surface area (Å²) in [5.74, 6) is -1.11. The summed E-state index contributed by atoms with van der Waals surface area (Å²) in [6, 6.07) is 0.266. The van der Waals surface area contributed by atoms with Crippen LogP contribution in [0.15, 0.2) is 0 Å². The zero-order valence-corrected chi connectivity index (χ0v) is 13.2. The second-order valence-electron chi connectivity index (χ2n) is 6.69. The number of nitrogens with zero attached hydrogens (tertiary/aromatic N) is 1. The SMILES string of the molecule is O=C(CCN1C(=O)[C@H]2CCCC[C@@H]2C1=O)NCC(=O)NC1CC1. The molecule has 2 aliphatic carbocycles. The van der Waals surface area contributed by atoms with Crippen LogP contribution in [0.2, 0.25) is 0 Å². The molecule has 7 nitrogen and oxygen atoms in total. The van der Waals surface area contributed by atoms with Crippen LogP contribution in [-0.2, 0) is 19.2 Å². The van der Waals surface area contributed by atoms with Gasteiger partial charge in [-0.2, -0.15) is 0 Å². The molecule has 0 unspecified atom stereocenters. The molecule has 2 N–H and O–H groups in total. The Morgan fingerprint density at radius 3 is 2.13 bits per heavy atom. The van der Waals surface area contributed by atoms with Crippen LogP contribution in [0.4, 0.5) is 0 Å². The molecule has 3 rings (SSSR count). The van der Waals surface area contributed by atoms with E-state index >= 15 is 0 Å². The van der Waals surface area contributed by atoms with Gasteiger partial charge in [-0.25, -0.2) is 0 Å². The number of carbonyl (C=O) groups is 4. The van der Waals surface area contributed by atoms with Gasteiger partial charge in [0.05, 0.1) is 18.4 Å². The van der Waals surface area contributed by atoms with E-state index in [1.807, 2.05) is 0 Å². The number of nitrogens with one attached hydrogen (secondary N) is 2. The van der Waals surface area contributed by atoms with E-state index in [9.17, 15) is 19.2 Å². The fourth-order valence-corrected chi connectivity index (χ4v) is 3.44. The maximum absolute atomic E-state index is 12.3. The predicted molar refractivity (Wildman–Crippen MR) is 81.0 cm³/mol. The molecule has 1 aliphatic heterocycles. The van der Waals surface area contributed by atoms with Crippen molar-refractivity contribution in [2.75, 3.05) is 13.1 Å². The van der Waals surface area contributed by atoms with Crippen molar-refractivity contribution in [2.24, 2.45) is 11.8 Å². The summed E-state index contributed by atoms with van der Waals surface area (Å²) in [4.78, 5) is 49.1. The Morgan fingerprint density at radius 1 is 0.957 bits per heavy atom. The number of rotatable bonds is 6. The lowest BCUT2D eigenvalue weighted by Gasteiger charge is -2.19. The van der Waals surface area contributed by atoms with Crippen molar-refractivity contribution in [3.8, 4) is 0 Å². The van der Waals surface area contributed by atoms with E-state index in [0.29, 0.717) is 0 Å². The van der Waals surface area contributed by atoms with Gasteiger partial charge in [0.25, 0.3) is 0 Å². The van der Waals surface area contributed by atoms with Gasteiger partial charge in [0.2, 0.25) is 23.6 Å². The standard InChI is InChI=1S/C16H23N3O4/c20-13(17-9-14(21)18-10-5-6-10)7-8-19-15(22)11-3-1-2-4-12(11)16(19)23/h10-12H,1-9H2,(H,17,20)(H,18,21)/t11-,12-/m0/s1. The first kappa shape index (κ1) is 16.0. The summed E-state index contributed by atoms with van der Waals surface area (Å²) >= 11 is 0. The Hall–Kier alpha value is -1.92. The number of fused-ring (bicyclic) bond motifs is 1. The molecule has 23 heavy (non-hydrogen) atoms. The average Bonchev–Trinajstić information content (AvgIpc) is 3.32. The van der Waals surface area contributed by atoms with E-state index in [1.165, 1.54) is 4.90 Å². The number of carbonyl (C=O) groups excluding carboxylic acids is 4. The van der Waals surface area contributed by atoms with Gasteiger partial charge in [0, 0.05) is 19.0 Å². The van der Waals surface area contributed by atoms with Crippen LogP contribution in [0.5, 0.6) is 0 Å². The van der Waals surface area contributed by atoms with Crippen LogP contribution < -0.4 is 10.6 Å². The predicted octanol–water partition coefficient (Wildman–Crippen LogP) is -0.0535. The summed E-state index contributed by atoms with van der Waals surface area (Å²) in [5, 5.41) is 5.31. The maximum Gasteiger partial charge on any atom is 0.239 e. The zero-order chi connectivity index (χ0) is 16.4. The van der Waals surface area contributed by atoms with Crippen molar-refractivity contribution in [3.63, 3.8) is 0 Å². The van der Waals surface area contributed by atoms with Crippen molar-refractivity contribution >= 4 is 23.6 Å². The van der Waals surface area contributed by atoms with Crippen molar-refractivity contribution < 1.29 is 19.2 Å². The van der Waals surface area contributed by atoms with Crippen molar-refractivity contribution in [1.29, 1.82) is 0 Å². The third kappa shape index (κ3) is 3.71. The fourth-order valence-electron chi connectivity index (χ4n) is 3.44. The zero-order valence-electron chi connectivity index (χ0n) is 13.2. The van der Waals surface area contributed by atoms with E-state index < -0.39 is 0 Å². The van der Waals surface area contributed by atoms with Crippen LogP contribution >= 0.6 is 0 Å². The van der Waals surface area contributed by atoms with Crippen LogP contribution in [0.3, 0.4) is 0 Å². The number of hydrogen-bond acceptors (Lipinski definition) is 4. The van der Waals surface area contributed by atoms with Gasteiger partial charge >= 0.3 is 0 Å². The highest BCUT2D eigenvalue weighted by molar-refractivity contribution is 6.05. The Morgan fingerprint density at radius 2 is 1.57 bits per heavy atom. The quantitative estimate of drug-likeness (QED) is 0.670. The van der Waals surface area contributed by atoms with E-state index in [4.69, 9.17) is 0 Å². The van der Waals surface area contributed by atoms with Crippen LogP contribution in [0, 0.1) is 11.8 Å². The van der Waals surface area contributed by atoms with Gasteiger partial charge in [-0.1, -0.05) is 12.8 Å². The highest BCUT2D eigenvalue weighted by atomic mass is 16.2. The van der Waals surface area contributed by atoms with Crippen molar-refractivity contribution in [1.82, 2.24) is 15.5 Å². The summed E-state index contributed by atoms with van der Waals surface area (Å²) in [6.07, 6.45) is 5.59. The molecule has 3 aliphatic rings. The molecule has 126 valence electrons. The summed E-state index contributed by atoms with van der Waals surface area (Å²) in [6.45, 7) is 0.0588. The Kier molecular flexibility index (Phi) is 4.63. The van der Waals surface area contributed by atoms with Crippen molar-refractivity contribution in [2.45, 2.75) is 51.0 Å². The monoisotopic (exact) mass is 321 g/mol. The van der Waals surface area contributed by atoms with Gasteiger partial charge < -0.3 is 10.6 Å². The largest absolute Gasteiger partial charge is 0.352 e. The second kappa shape index (κ2) is 6.68. The summed E-state index contributed by atoms with van der Waals surface area (Å²) < 4.78 is 0. The maximum atomic E-state index is 12.3. The Balaban J connectivity index is 1.42. The van der Waals surface area contributed by atoms with E-state index in [-0.39, 0.29) is 61.0 Å². The Bertz CT molecular complexity index is 505. The van der Waals surface area contributed by atoms with Gasteiger partial charge in [0.1, 0.15) is 0 Å². The van der Waals surface area contributed by atoms with Crippen molar-refractivity contribution in [3.05, 3.63) is 0 Å². The average molecular weight is 321 g/mol. The molecular weight excluding hydrogens is 298 g/mol.